The van der Waals surface area contributed by atoms with Crippen molar-refractivity contribution in [3.8, 4) is 17.6 Å². The van der Waals surface area contributed by atoms with Crippen molar-refractivity contribution in [1.29, 1.82) is 0 Å². The summed E-state index contributed by atoms with van der Waals surface area (Å²) < 4.78 is 18.3. The number of aliphatic hydroxyl groups is 1. The zero-order chi connectivity index (χ0) is 13.5. The maximum absolute atomic E-state index is 12.7. The predicted octanol–water partition coefficient (Wildman–Crippen LogP) is 2.75. The summed E-state index contributed by atoms with van der Waals surface area (Å²) in [7, 11) is 0. The maximum atomic E-state index is 12.7. The first-order valence-electron chi connectivity index (χ1n) is 5.85. The molecule has 0 spiro atoms. The minimum absolute atomic E-state index is 0.156. The molecular weight excluding hydrogens is 243 g/mol. The standard InChI is InChI=1S/C16H13FO2/c17-15-6-8-16(9-7-15)19-12-14-4-1-3-13(11-14)5-2-10-18/h1,3-4,6-9,11,18H,10,12H2. The first-order valence-corrected chi connectivity index (χ1v) is 5.85. The van der Waals surface area contributed by atoms with Crippen molar-refractivity contribution < 1.29 is 14.2 Å². The predicted molar refractivity (Wildman–Crippen MR) is 71.1 cm³/mol. The van der Waals surface area contributed by atoms with E-state index in [-0.39, 0.29) is 12.4 Å². The highest BCUT2D eigenvalue weighted by Gasteiger charge is 1.97. The van der Waals surface area contributed by atoms with Gasteiger partial charge in [-0.3, -0.25) is 0 Å². The molecule has 2 aromatic carbocycles. The van der Waals surface area contributed by atoms with Crippen molar-refractivity contribution >= 4 is 0 Å². The maximum Gasteiger partial charge on any atom is 0.123 e. The molecule has 0 radical (unpaired) electrons. The van der Waals surface area contributed by atoms with Crippen LogP contribution < -0.4 is 4.74 Å². The molecule has 2 nitrogen and oxygen atoms in total. The number of hydrogen-bond donors (Lipinski definition) is 1. The fourth-order valence-corrected chi connectivity index (χ4v) is 1.58. The Hall–Kier alpha value is -2.31. The highest BCUT2D eigenvalue weighted by Crippen LogP contribution is 2.14. The Morgan fingerprint density at radius 1 is 1.11 bits per heavy atom. The smallest absolute Gasteiger partial charge is 0.123 e. The summed E-state index contributed by atoms with van der Waals surface area (Å²) in [6.45, 7) is 0.233. The van der Waals surface area contributed by atoms with E-state index in [1.54, 1.807) is 12.1 Å². The van der Waals surface area contributed by atoms with Crippen LogP contribution >= 0.6 is 0 Å². The fourth-order valence-electron chi connectivity index (χ4n) is 1.58. The second-order valence-corrected chi connectivity index (χ2v) is 3.90. The summed E-state index contributed by atoms with van der Waals surface area (Å²) in [5, 5.41) is 8.64. The topological polar surface area (TPSA) is 29.5 Å². The van der Waals surface area contributed by atoms with E-state index in [0.717, 1.165) is 11.1 Å². The largest absolute Gasteiger partial charge is 0.489 e. The number of aliphatic hydroxyl groups excluding tert-OH is 1. The lowest BCUT2D eigenvalue weighted by Crippen LogP contribution is -1.95. The van der Waals surface area contributed by atoms with Crippen LogP contribution in [0.15, 0.2) is 48.5 Å². The van der Waals surface area contributed by atoms with E-state index in [1.807, 2.05) is 24.3 Å². The van der Waals surface area contributed by atoms with Gasteiger partial charge in [0.1, 0.15) is 24.8 Å². The van der Waals surface area contributed by atoms with E-state index in [9.17, 15) is 4.39 Å². The lowest BCUT2D eigenvalue weighted by atomic mass is 10.1. The van der Waals surface area contributed by atoms with Gasteiger partial charge in [-0.1, -0.05) is 24.0 Å². The van der Waals surface area contributed by atoms with Crippen LogP contribution in [0.25, 0.3) is 0 Å². The molecule has 2 aromatic rings. The third kappa shape index (κ3) is 4.13. The van der Waals surface area contributed by atoms with Crippen LogP contribution in [0.2, 0.25) is 0 Å². The third-order valence-corrected chi connectivity index (χ3v) is 2.46. The summed E-state index contributed by atoms with van der Waals surface area (Å²) in [6.07, 6.45) is 0. The first-order chi connectivity index (χ1) is 9.28. The van der Waals surface area contributed by atoms with Crippen molar-refractivity contribution in [1.82, 2.24) is 0 Å². The lowest BCUT2D eigenvalue weighted by molar-refractivity contribution is 0.305. The van der Waals surface area contributed by atoms with Crippen LogP contribution in [0.3, 0.4) is 0 Å². The van der Waals surface area contributed by atoms with Crippen molar-refractivity contribution in [3.63, 3.8) is 0 Å². The lowest BCUT2D eigenvalue weighted by Gasteiger charge is -2.06. The molecule has 0 saturated heterocycles. The van der Waals surface area contributed by atoms with E-state index in [0.29, 0.717) is 12.4 Å². The first kappa shape index (κ1) is 13.1. The fraction of sp³-hybridized carbons (Fsp3) is 0.125. The molecular formula is C16H13FO2. The Morgan fingerprint density at radius 3 is 2.63 bits per heavy atom. The molecule has 0 aliphatic heterocycles. The van der Waals surface area contributed by atoms with Crippen molar-refractivity contribution in [3.05, 3.63) is 65.5 Å². The van der Waals surface area contributed by atoms with Crippen LogP contribution in [0.4, 0.5) is 4.39 Å². The molecule has 19 heavy (non-hydrogen) atoms. The van der Waals surface area contributed by atoms with E-state index < -0.39 is 0 Å². The van der Waals surface area contributed by atoms with Crippen molar-refractivity contribution in [2.45, 2.75) is 6.61 Å². The van der Waals surface area contributed by atoms with Gasteiger partial charge in [-0.25, -0.2) is 4.39 Å². The van der Waals surface area contributed by atoms with Crippen molar-refractivity contribution in [2.75, 3.05) is 6.61 Å². The Bertz CT molecular complexity index is 594. The van der Waals surface area contributed by atoms with Gasteiger partial charge < -0.3 is 9.84 Å². The molecule has 0 aliphatic rings. The van der Waals surface area contributed by atoms with E-state index in [2.05, 4.69) is 11.8 Å². The van der Waals surface area contributed by atoms with E-state index >= 15 is 0 Å². The van der Waals surface area contributed by atoms with Gasteiger partial charge in [0.2, 0.25) is 0 Å². The monoisotopic (exact) mass is 256 g/mol. The van der Waals surface area contributed by atoms with Gasteiger partial charge in [-0.15, -0.1) is 0 Å². The van der Waals surface area contributed by atoms with Crippen LogP contribution in [0.5, 0.6) is 5.75 Å². The SMILES string of the molecule is OCC#Cc1cccc(COc2ccc(F)cc2)c1. The Kier molecular flexibility index (Phi) is 4.54. The second-order valence-electron chi connectivity index (χ2n) is 3.90. The number of hydrogen-bond acceptors (Lipinski definition) is 2. The van der Waals surface area contributed by atoms with Gasteiger partial charge in [-0.05, 0) is 42.0 Å². The molecule has 0 amide bonds. The summed E-state index contributed by atoms with van der Waals surface area (Å²) in [6, 6.07) is 13.5. The number of ether oxygens (including phenoxy) is 1. The molecule has 96 valence electrons. The van der Waals surface area contributed by atoms with Gasteiger partial charge in [0.25, 0.3) is 0 Å². The highest BCUT2D eigenvalue weighted by molar-refractivity contribution is 5.37. The van der Waals surface area contributed by atoms with E-state index in [4.69, 9.17) is 9.84 Å². The normalized spacial score (nSPS) is 9.58. The average molecular weight is 256 g/mol. The third-order valence-electron chi connectivity index (χ3n) is 2.46. The molecule has 0 aromatic heterocycles. The molecule has 3 heteroatoms. The molecule has 0 atom stereocenters. The van der Waals surface area contributed by atoms with E-state index in [1.165, 1.54) is 12.1 Å². The summed E-state index contributed by atoms with van der Waals surface area (Å²) in [5.74, 6) is 5.77. The molecule has 1 N–H and O–H groups in total. The molecule has 0 unspecified atom stereocenters. The molecule has 0 bridgehead atoms. The molecule has 0 aliphatic carbocycles. The Morgan fingerprint density at radius 2 is 1.89 bits per heavy atom. The minimum Gasteiger partial charge on any atom is -0.489 e. The zero-order valence-corrected chi connectivity index (χ0v) is 10.3. The quantitative estimate of drug-likeness (QED) is 0.856. The second kappa shape index (κ2) is 6.58. The summed E-state index contributed by atoms with van der Waals surface area (Å²) in [5.41, 5.74) is 1.79. The van der Waals surface area contributed by atoms with Gasteiger partial charge in [0.05, 0.1) is 0 Å². The summed E-state index contributed by atoms with van der Waals surface area (Å²) in [4.78, 5) is 0. The Balaban J connectivity index is 2.01. The molecule has 2 rings (SSSR count). The van der Waals surface area contributed by atoms with Gasteiger partial charge >= 0.3 is 0 Å². The van der Waals surface area contributed by atoms with Gasteiger partial charge in [-0.2, -0.15) is 0 Å². The summed E-state index contributed by atoms with van der Waals surface area (Å²) >= 11 is 0. The zero-order valence-electron chi connectivity index (χ0n) is 10.3. The highest BCUT2D eigenvalue weighted by atomic mass is 19.1. The number of benzene rings is 2. The van der Waals surface area contributed by atoms with Gasteiger partial charge in [0.15, 0.2) is 0 Å². The van der Waals surface area contributed by atoms with Crippen LogP contribution in [-0.4, -0.2) is 11.7 Å². The Labute approximate surface area is 111 Å². The van der Waals surface area contributed by atoms with Crippen LogP contribution in [0, 0.1) is 17.7 Å². The number of halogens is 1. The minimum atomic E-state index is -0.284. The van der Waals surface area contributed by atoms with Crippen LogP contribution in [-0.2, 0) is 6.61 Å². The molecule has 0 saturated carbocycles. The van der Waals surface area contributed by atoms with Crippen LogP contribution in [0.1, 0.15) is 11.1 Å². The number of rotatable bonds is 3. The average Bonchev–Trinajstić information content (AvgIpc) is 2.45. The van der Waals surface area contributed by atoms with Crippen molar-refractivity contribution in [2.24, 2.45) is 0 Å². The van der Waals surface area contributed by atoms with Gasteiger partial charge in [0, 0.05) is 5.56 Å². The molecule has 0 fully saturated rings. The molecule has 0 heterocycles.